The number of nitro benzene ring substituents is 1. The third-order valence-electron chi connectivity index (χ3n) is 4.15. The standard InChI is InChI=1S/C21H17ClFN3O3/c22-20-9-8-19(26(28)29)11-15(20)13-24-17-6-4-14(5-7-17)10-21(27)25-18-3-1-2-16(23)12-18/h1-9,11-12,24H,10,13H2,(H,25,27). The van der Waals surface area contributed by atoms with Crippen LogP contribution in [0.15, 0.2) is 66.7 Å². The molecule has 0 atom stereocenters. The minimum Gasteiger partial charge on any atom is -0.381 e. The highest BCUT2D eigenvalue weighted by Crippen LogP contribution is 2.23. The molecular formula is C21H17ClFN3O3. The number of carbonyl (C=O) groups is 1. The third kappa shape index (κ3) is 5.76. The molecule has 0 saturated carbocycles. The number of carbonyl (C=O) groups excluding carboxylic acids is 1. The Bertz CT molecular complexity index is 1040. The lowest BCUT2D eigenvalue weighted by atomic mass is 10.1. The van der Waals surface area contributed by atoms with Crippen LogP contribution in [0.2, 0.25) is 5.02 Å². The van der Waals surface area contributed by atoms with Gasteiger partial charge in [0.1, 0.15) is 5.82 Å². The second kappa shape index (κ2) is 9.16. The fraction of sp³-hybridized carbons (Fsp3) is 0.0952. The van der Waals surface area contributed by atoms with E-state index < -0.39 is 10.7 Å². The molecule has 0 aliphatic rings. The second-order valence-corrected chi connectivity index (χ2v) is 6.73. The summed E-state index contributed by atoms with van der Waals surface area (Å²) < 4.78 is 13.2. The molecule has 3 aromatic rings. The topological polar surface area (TPSA) is 84.3 Å². The number of rotatable bonds is 7. The SMILES string of the molecule is O=C(Cc1ccc(NCc2cc([N+](=O)[O-])ccc2Cl)cc1)Nc1cccc(F)c1. The Morgan fingerprint density at radius 2 is 1.79 bits per heavy atom. The molecule has 0 saturated heterocycles. The van der Waals surface area contributed by atoms with Crippen molar-refractivity contribution in [2.75, 3.05) is 10.6 Å². The van der Waals surface area contributed by atoms with Crippen molar-refractivity contribution in [3.05, 3.63) is 98.8 Å². The zero-order valence-corrected chi connectivity index (χ0v) is 15.9. The van der Waals surface area contributed by atoms with Gasteiger partial charge in [0.25, 0.3) is 5.69 Å². The minimum atomic E-state index is -0.469. The van der Waals surface area contributed by atoms with E-state index in [2.05, 4.69) is 10.6 Å². The molecule has 1 amide bonds. The molecule has 0 unspecified atom stereocenters. The van der Waals surface area contributed by atoms with Gasteiger partial charge in [0.15, 0.2) is 0 Å². The third-order valence-corrected chi connectivity index (χ3v) is 4.52. The van der Waals surface area contributed by atoms with Gasteiger partial charge in [-0.15, -0.1) is 0 Å². The van der Waals surface area contributed by atoms with Crippen molar-refractivity contribution in [2.45, 2.75) is 13.0 Å². The Morgan fingerprint density at radius 3 is 2.48 bits per heavy atom. The quantitative estimate of drug-likeness (QED) is 0.413. The highest BCUT2D eigenvalue weighted by molar-refractivity contribution is 6.31. The lowest BCUT2D eigenvalue weighted by molar-refractivity contribution is -0.384. The van der Waals surface area contributed by atoms with Gasteiger partial charge in [-0.25, -0.2) is 4.39 Å². The highest BCUT2D eigenvalue weighted by atomic mass is 35.5. The van der Waals surface area contributed by atoms with Gasteiger partial charge in [-0.05, 0) is 47.5 Å². The maximum Gasteiger partial charge on any atom is 0.269 e. The zero-order valence-electron chi connectivity index (χ0n) is 15.2. The van der Waals surface area contributed by atoms with Gasteiger partial charge in [0.2, 0.25) is 5.91 Å². The smallest absolute Gasteiger partial charge is 0.269 e. The van der Waals surface area contributed by atoms with Crippen molar-refractivity contribution in [1.29, 1.82) is 0 Å². The van der Waals surface area contributed by atoms with Gasteiger partial charge in [-0.3, -0.25) is 14.9 Å². The second-order valence-electron chi connectivity index (χ2n) is 6.32. The van der Waals surface area contributed by atoms with E-state index in [-0.39, 0.29) is 18.0 Å². The molecule has 148 valence electrons. The Hall–Kier alpha value is -3.45. The maximum absolute atomic E-state index is 13.2. The molecule has 0 radical (unpaired) electrons. The van der Waals surface area contributed by atoms with E-state index in [4.69, 9.17) is 11.6 Å². The highest BCUT2D eigenvalue weighted by Gasteiger charge is 2.10. The number of amides is 1. The molecule has 8 heteroatoms. The number of anilines is 2. The molecule has 0 aromatic heterocycles. The fourth-order valence-electron chi connectivity index (χ4n) is 2.70. The summed E-state index contributed by atoms with van der Waals surface area (Å²) in [5.74, 6) is -0.665. The molecular weight excluding hydrogens is 397 g/mol. The average molecular weight is 414 g/mol. The van der Waals surface area contributed by atoms with Crippen LogP contribution in [0.5, 0.6) is 0 Å². The molecule has 0 bridgehead atoms. The van der Waals surface area contributed by atoms with Crippen molar-refractivity contribution in [3.63, 3.8) is 0 Å². The van der Waals surface area contributed by atoms with E-state index in [1.807, 2.05) is 0 Å². The predicted molar refractivity (Wildman–Crippen MR) is 111 cm³/mol. The van der Waals surface area contributed by atoms with Crippen LogP contribution >= 0.6 is 11.6 Å². The molecule has 0 aliphatic heterocycles. The molecule has 6 nitrogen and oxygen atoms in total. The normalized spacial score (nSPS) is 10.4. The molecule has 0 spiro atoms. The van der Waals surface area contributed by atoms with Crippen LogP contribution < -0.4 is 10.6 Å². The zero-order chi connectivity index (χ0) is 20.8. The summed E-state index contributed by atoms with van der Waals surface area (Å²) in [6.07, 6.45) is 0.146. The van der Waals surface area contributed by atoms with Gasteiger partial charge in [-0.1, -0.05) is 29.8 Å². The molecule has 29 heavy (non-hydrogen) atoms. The molecule has 0 fully saturated rings. The number of hydrogen-bond acceptors (Lipinski definition) is 4. The van der Waals surface area contributed by atoms with Crippen molar-refractivity contribution in [2.24, 2.45) is 0 Å². The fourth-order valence-corrected chi connectivity index (χ4v) is 2.89. The molecule has 3 rings (SSSR count). The number of benzene rings is 3. The van der Waals surface area contributed by atoms with Gasteiger partial charge in [0, 0.05) is 35.1 Å². The number of nitrogens with one attached hydrogen (secondary N) is 2. The molecule has 3 aromatic carbocycles. The molecule has 0 aliphatic carbocycles. The summed E-state index contributed by atoms with van der Waals surface area (Å²) in [4.78, 5) is 22.5. The monoisotopic (exact) mass is 413 g/mol. The first kappa shape index (κ1) is 20.3. The molecule has 0 heterocycles. The van der Waals surface area contributed by atoms with Gasteiger partial charge >= 0.3 is 0 Å². The van der Waals surface area contributed by atoms with Crippen LogP contribution in [0.25, 0.3) is 0 Å². The van der Waals surface area contributed by atoms with Crippen LogP contribution in [-0.2, 0) is 17.8 Å². The predicted octanol–water partition coefficient (Wildman–Crippen LogP) is 5.18. The van der Waals surface area contributed by atoms with Crippen molar-refractivity contribution in [3.8, 4) is 0 Å². The van der Waals surface area contributed by atoms with E-state index >= 15 is 0 Å². The van der Waals surface area contributed by atoms with Crippen LogP contribution in [0.1, 0.15) is 11.1 Å². The summed E-state index contributed by atoms with van der Waals surface area (Å²) in [5.41, 5.74) is 2.56. The summed E-state index contributed by atoms with van der Waals surface area (Å²) >= 11 is 6.10. The number of halogens is 2. The van der Waals surface area contributed by atoms with E-state index in [9.17, 15) is 19.3 Å². The van der Waals surface area contributed by atoms with Crippen molar-refractivity contribution < 1.29 is 14.1 Å². The summed E-state index contributed by atoms with van der Waals surface area (Å²) in [6, 6.07) is 17.2. The maximum atomic E-state index is 13.2. The lowest BCUT2D eigenvalue weighted by Crippen LogP contribution is -2.14. The first-order valence-electron chi connectivity index (χ1n) is 8.72. The minimum absolute atomic E-state index is 0.0224. The van der Waals surface area contributed by atoms with Crippen LogP contribution in [-0.4, -0.2) is 10.8 Å². The van der Waals surface area contributed by atoms with E-state index in [0.717, 1.165) is 11.3 Å². The van der Waals surface area contributed by atoms with Crippen LogP contribution in [0.3, 0.4) is 0 Å². The summed E-state index contributed by atoms with van der Waals surface area (Å²) in [5, 5.41) is 17.1. The number of nitro groups is 1. The van der Waals surface area contributed by atoms with E-state index in [1.165, 1.54) is 36.4 Å². The Balaban J connectivity index is 1.57. The Kier molecular flexibility index (Phi) is 6.41. The van der Waals surface area contributed by atoms with Crippen LogP contribution in [0, 0.1) is 15.9 Å². The largest absolute Gasteiger partial charge is 0.381 e. The first-order valence-corrected chi connectivity index (χ1v) is 9.09. The average Bonchev–Trinajstić information content (AvgIpc) is 2.68. The number of hydrogen-bond donors (Lipinski definition) is 2. The number of non-ortho nitro benzene ring substituents is 1. The van der Waals surface area contributed by atoms with Crippen LogP contribution in [0.4, 0.5) is 21.5 Å². The lowest BCUT2D eigenvalue weighted by Gasteiger charge is -2.09. The van der Waals surface area contributed by atoms with Crippen molar-refractivity contribution >= 4 is 34.6 Å². The number of nitrogens with zero attached hydrogens (tertiary/aromatic N) is 1. The summed E-state index contributed by atoms with van der Waals surface area (Å²) in [7, 11) is 0. The Morgan fingerprint density at radius 1 is 1.03 bits per heavy atom. The van der Waals surface area contributed by atoms with Crippen molar-refractivity contribution in [1.82, 2.24) is 0 Å². The Labute approximate surface area is 171 Å². The van der Waals surface area contributed by atoms with Gasteiger partial charge in [0.05, 0.1) is 11.3 Å². The first-order chi connectivity index (χ1) is 13.9. The summed E-state index contributed by atoms with van der Waals surface area (Å²) in [6.45, 7) is 0.319. The molecule has 2 N–H and O–H groups in total. The van der Waals surface area contributed by atoms with E-state index in [0.29, 0.717) is 22.8 Å². The van der Waals surface area contributed by atoms with Gasteiger partial charge in [-0.2, -0.15) is 0 Å². The van der Waals surface area contributed by atoms with Gasteiger partial charge < -0.3 is 10.6 Å². The van der Waals surface area contributed by atoms with E-state index in [1.54, 1.807) is 30.3 Å².